The lowest BCUT2D eigenvalue weighted by molar-refractivity contribution is 0.213. The average molecular weight is 370 g/mol. The van der Waals surface area contributed by atoms with E-state index < -0.39 is 9.84 Å². The number of hydrogen-bond acceptors (Lipinski definition) is 4. The van der Waals surface area contributed by atoms with E-state index in [1.165, 1.54) is 18.4 Å². The van der Waals surface area contributed by atoms with E-state index in [2.05, 4.69) is 15.9 Å². The van der Waals surface area contributed by atoms with Gasteiger partial charge < -0.3 is 10.5 Å². The highest BCUT2D eigenvalue weighted by molar-refractivity contribution is 9.10. The van der Waals surface area contributed by atoms with E-state index in [0.717, 1.165) is 10.0 Å². The Balaban J connectivity index is 2.30. The number of nitrogens with two attached hydrogens (primary N) is 1. The van der Waals surface area contributed by atoms with Crippen LogP contribution in [-0.4, -0.2) is 21.2 Å². The Labute approximate surface area is 133 Å². The Kier molecular flexibility index (Phi) is 5.03. The molecule has 0 aromatic heterocycles. The van der Waals surface area contributed by atoms with Gasteiger partial charge in [-0.05, 0) is 24.3 Å². The zero-order chi connectivity index (χ0) is 15.5. The Bertz CT molecular complexity index is 731. The van der Waals surface area contributed by atoms with Crippen LogP contribution in [0.4, 0.5) is 0 Å². The van der Waals surface area contributed by atoms with E-state index in [9.17, 15) is 8.42 Å². The van der Waals surface area contributed by atoms with Crippen LogP contribution in [0, 0.1) is 0 Å². The second-order valence-electron chi connectivity index (χ2n) is 4.61. The maximum atomic E-state index is 11.6. The van der Waals surface area contributed by atoms with E-state index in [1.807, 2.05) is 24.3 Å². The van der Waals surface area contributed by atoms with Gasteiger partial charge in [0.25, 0.3) is 0 Å². The molecular weight excluding hydrogens is 354 g/mol. The van der Waals surface area contributed by atoms with Crippen LogP contribution >= 0.6 is 15.9 Å². The van der Waals surface area contributed by atoms with Gasteiger partial charge in [-0.3, -0.25) is 0 Å². The lowest BCUT2D eigenvalue weighted by Crippen LogP contribution is -2.19. The van der Waals surface area contributed by atoms with Crippen molar-refractivity contribution in [3.63, 3.8) is 0 Å². The maximum absolute atomic E-state index is 11.6. The molecule has 6 heteroatoms. The molecule has 0 amide bonds. The monoisotopic (exact) mass is 369 g/mol. The Morgan fingerprint density at radius 3 is 2.52 bits per heavy atom. The first-order valence-corrected chi connectivity index (χ1v) is 9.01. The number of halogens is 1. The molecule has 0 bridgehead atoms. The summed E-state index contributed by atoms with van der Waals surface area (Å²) in [5.74, 6) is 0.476. The third-order valence-electron chi connectivity index (χ3n) is 2.98. The van der Waals surface area contributed by atoms with E-state index in [0.29, 0.717) is 5.75 Å². The van der Waals surface area contributed by atoms with Crippen LogP contribution in [0.25, 0.3) is 0 Å². The van der Waals surface area contributed by atoms with Gasteiger partial charge in [0.15, 0.2) is 9.84 Å². The number of rotatable bonds is 5. The largest absolute Gasteiger partial charge is 0.484 e. The number of ether oxygens (including phenoxy) is 1. The van der Waals surface area contributed by atoms with Crippen LogP contribution in [0.5, 0.6) is 5.75 Å². The molecule has 21 heavy (non-hydrogen) atoms. The molecule has 0 saturated heterocycles. The van der Waals surface area contributed by atoms with Gasteiger partial charge in [0.05, 0.1) is 4.90 Å². The number of hydrogen-bond donors (Lipinski definition) is 1. The van der Waals surface area contributed by atoms with Crippen LogP contribution in [-0.2, 0) is 9.84 Å². The summed E-state index contributed by atoms with van der Waals surface area (Å²) in [6.45, 7) is 0.283. The molecule has 0 aliphatic carbocycles. The minimum absolute atomic E-state index is 0.225. The molecule has 2 aromatic carbocycles. The van der Waals surface area contributed by atoms with Crippen LogP contribution < -0.4 is 10.5 Å². The van der Waals surface area contributed by atoms with Crippen molar-refractivity contribution in [2.45, 2.75) is 11.0 Å². The van der Waals surface area contributed by atoms with Crippen molar-refractivity contribution in [3.8, 4) is 5.75 Å². The van der Waals surface area contributed by atoms with Gasteiger partial charge in [0.1, 0.15) is 11.9 Å². The summed E-state index contributed by atoms with van der Waals surface area (Å²) in [4.78, 5) is 0.225. The highest BCUT2D eigenvalue weighted by Crippen LogP contribution is 2.28. The van der Waals surface area contributed by atoms with E-state index >= 15 is 0 Å². The number of benzene rings is 2. The lowest BCUT2D eigenvalue weighted by atomic mass is 10.1. The van der Waals surface area contributed by atoms with Crippen molar-refractivity contribution in [3.05, 3.63) is 58.6 Å². The molecule has 0 saturated carbocycles. The average Bonchev–Trinajstić information content (AvgIpc) is 2.45. The summed E-state index contributed by atoms with van der Waals surface area (Å²) in [6, 6.07) is 14.1. The fourth-order valence-electron chi connectivity index (χ4n) is 1.92. The third-order valence-corrected chi connectivity index (χ3v) is 4.81. The fourth-order valence-corrected chi connectivity index (χ4v) is 3.11. The van der Waals surface area contributed by atoms with Crippen molar-refractivity contribution in [1.29, 1.82) is 0 Å². The molecule has 1 unspecified atom stereocenters. The van der Waals surface area contributed by atoms with Gasteiger partial charge in [-0.2, -0.15) is 0 Å². The van der Waals surface area contributed by atoms with Crippen molar-refractivity contribution >= 4 is 25.8 Å². The number of sulfone groups is 1. The van der Waals surface area contributed by atoms with Gasteiger partial charge >= 0.3 is 0 Å². The first kappa shape index (κ1) is 16.0. The Morgan fingerprint density at radius 2 is 1.90 bits per heavy atom. The molecule has 0 spiro atoms. The lowest BCUT2D eigenvalue weighted by Gasteiger charge is -2.19. The van der Waals surface area contributed by atoms with Crippen molar-refractivity contribution < 1.29 is 13.2 Å². The van der Waals surface area contributed by atoms with Gasteiger partial charge in [-0.15, -0.1) is 0 Å². The van der Waals surface area contributed by atoms with Crippen LogP contribution in [0.15, 0.2) is 57.9 Å². The quantitative estimate of drug-likeness (QED) is 0.879. The summed E-state index contributed by atoms with van der Waals surface area (Å²) in [7, 11) is -3.26. The van der Waals surface area contributed by atoms with Gasteiger partial charge in [0.2, 0.25) is 0 Å². The molecule has 2 N–H and O–H groups in total. The highest BCUT2D eigenvalue weighted by Gasteiger charge is 2.15. The zero-order valence-corrected chi connectivity index (χ0v) is 13.9. The second-order valence-corrected chi connectivity index (χ2v) is 7.48. The normalized spacial score (nSPS) is 12.9. The van der Waals surface area contributed by atoms with E-state index in [1.54, 1.807) is 12.1 Å². The van der Waals surface area contributed by atoms with Crippen LogP contribution in [0.1, 0.15) is 11.7 Å². The van der Waals surface area contributed by atoms with Gasteiger partial charge in [-0.25, -0.2) is 8.42 Å². The SMILES string of the molecule is CS(=O)(=O)c1cccc(OC(CN)c2ccccc2Br)c1. The van der Waals surface area contributed by atoms with E-state index in [4.69, 9.17) is 10.5 Å². The fraction of sp³-hybridized carbons (Fsp3) is 0.200. The molecule has 0 aliphatic heterocycles. The third kappa shape index (κ3) is 4.06. The molecule has 2 rings (SSSR count). The van der Waals surface area contributed by atoms with Gasteiger partial charge in [0, 0.05) is 22.8 Å². The Morgan fingerprint density at radius 1 is 1.19 bits per heavy atom. The first-order chi connectivity index (χ1) is 9.91. The molecular formula is C15H16BrNO3S. The van der Waals surface area contributed by atoms with Crippen molar-refractivity contribution in [1.82, 2.24) is 0 Å². The summed E-state index contributed by atoms with van der Waals surface area (Å²) in [5, 5.41) is 0. The molecule has 1 atom stereocenters. The first-order valence-electron chi connectivity index (χ1n) is 6.33. The summed E-state index contributed by atoms with van der Waals surface area (Å²) in [6.07, 6.45) is 0.815. The zero-order valence-electron chi connectivity index (χ0n) is 11.5. The minimum Gasteiger partial charge on any atom is -0.484 e. The molecule has 0 radical (unpaired) electrons. The molecule has 0 aliphatic rings. The predicted molar refractivity (Wildman–Crippen MR) is 86.1 cm³/mol. The topological polar surface area (TPSA) is 69.4 Å². The highest BCUT2D eigenvalue weighted by atomic mass is 79.9. The van der Waals surface area contributed by atoms with Crippen molar-refractivity contribution in [2.75, 3.05) is 12.8 Å². The maximum Gasteiger partial charge on any atom is 0.175 e. The van der Waals surface area contributed by atoms with Crippen molar-refractivity contribution in [2.24, 2.45) is 5.73 Å². The minimum atomic E-state index is -3.26. The smallest absolute Gasteiger partial charge is 0.175 e. The molecule has 2 aromatic rings. The van der Waals surface area contributed by atoms with E-state index in [-0.39, 0.29) is 17.5 Å². The summed E-state index contributed by atoms with van der Waals surface area (Å²) >= 11 is 3.47. The standard InChI is InChI=1S/C15H16BrNO3S/c1-21(18,19)12-6-4-5-11(9-12)20-15(10-17)13-7-2-3-8-14(13)16/h2-9,15H,10,17H2,1H3. The summed E-state index contributed by atoms with van der Waals surface area (Å²) < 4.78 is 29.9. The predicted octanol–water partition coefficient (Wildman–Crippen LogP) is 2.93. The molecule has 112 valence electrons. The summed E-state index contributed by atoms with van der Waals surface area (Å²) in [5.41, 5.74) is 6.70. The second kappa shape index (κ2) is 6.60. The molecule has 0 fully saturated rings. The van der Waals surface area contributed by atoms with Crippen LogP contribution in [0.3, 0.4) is 0 Å². The van der Waals surface area contributed by atoms with Gasteiger partial charge in [-0.1, -0.05) is 40.2 Å². The Hall–Kier alpha value is -1.37. The molecule has 0 heterocycles. The van der Waals surface area contributed by atoms with Crippen LogP contribution in [0.2, 0.25) is 0 Å². The molecule has 4 nitrogen and oxygen atoms in total.